The molecule has 70 heavy (non-hydrogen) atoms. The monoisotopic (exact) mass is 1020 g/mol. The van der Waals surface area contributed by atoms with Gasteiger partial charge in [0.2, 0.25) is 0 Å². The number of carbonyl (C=O) groups excluding carboxylic acids is 3. The Morgan fingerprint density at radius 1 is 0.986 bits per heavy atom. The predicted molar refractivity (Wildman–Crippen MR) is 270 cm³/mol. The minimum Gasteiger partial charge on any atom is -0.444 e. The van der Waals surface area contributed by atoms with E-state index in [1.54, 1.807) is 35.0 Å². The SMILES string of the molecule is CC(C)c1nc(CN(C)C(=O)N[C@@H](CCN2CCOCC2)C(=O)C[C@H](CC[C@H](Cc2ccccc2)NC(=O)OCc2cncs2)Cc2ccccc2)cs1.Nc1nc(=O)n([C@@H]2CS[C@H](CO)O2)cc1F. The van der Waals surface area contributed by atoms with Gasteiger partial charge in [-0.3, -0.25) is 19.2 Å². The summed E-state index contributed by atoms with van der Waals surface area (Å²) in [7, 11) is 1.74. The van der Waals surface area contributed by atoms with Crippen LogP contribution in [0.5, 0.6) is 0 Å². The number of benzene rings is 2. The Morgan fingerprint density at radius 3 is 2.34 bits per heavy atom. The van der Waals surface area contributed by atoms with Crippen LogP contribution in [0.25, 0.3) is 0 Å². The molecule has 2 fully saturated rings. The smallest absolute Gasteiger partial charge is 0.407 e. The number of halogens is 1. The maximum Gasteiger partial charge on any atom is 0.407 e. The number of hydrogen-bond donors (Lipinski definition) is 4. The molecule has 3 aromatic heterocycles. The van der Waals surface area contributed by atoms with Gasteiger partial charge in [-0.1, -0.05) is 74.5 Å². The van der Waals surface area contributed by atoms with Gasteiger partial charge >= 0.3 is 17.8 Å². The molecule has 5 heterocycles. The number of thiazole rings is 2. The lowest BCUT2D eigenvalue weighted by atomic mass is 9.86. The van der Waals surface area contributed by atoms with Gasteiger partial charge < -0.3 is 40.6 Å². The van der Waals surface area contributed by atoms with E-state index < -0.39 is 41.1 Å². The van der Waals surface area contributed by atoms with Crippen molar-refractivity contribution in [1.82, 2.24) is 40.0 Å². The summed E-state index contributed by atoms with van der Waals surface area (Å²) in [5, 5.41) is 18.1. The van der Waals surface area contributed by atoms with Crippen LogP contribution in [0.4, 0.5) is 19.8 Å². The first-order chi connectivity index (χ1) is 33.8. The second-order valence-corrected chi connectivity index (χ2v) is 20.6. The zero-order chi connectivity index (χ0) is 49.8. The largest absolute Gasteiger partial charge is 0.444 e. The lowest BCUT2D eigenvalue weighted by Gasteiger charge is -2.29. The number of nitrogens with zero attached hydrogens (tertiary/aromatic N) is 6. The number of rotatable bonds is 22. The number of nitrogen functional groups attached to an aromatic ring is 1. The number of thioether (sulfide) groups is 1. The second kappa shape index (κ2) is 27.9. The number of ketones is 1. The van der Waals surface area contributed by atoms with Crippen molar-refractivity contribution < 1.29 is 38.1 Å². The summed E-state index contributed by atoms with van der Waals surface area (Å²) in [4.78, 5) is 69.2. The van der Waals surface area contributed by atoms with E-state index in [9.17, 15) is 23.6 Å². The van der Waals surface area contributed by atoms with E-state index in [-0.39, 0.29) is 37.0 Å². The fourth-order valence-electron chi connectivity index (χ4n) is 7.90. The third-order valence-electron chi connectivity index (χ3n) is 11.7. The molecule has 0 saturated carbocycles. The number of morpholine rings is 1. The zero-order valence-electron chi connectivity index (χ0n) is 39.8. The van der Waals surface area contributed by atoms with Gasteiger partial charge in [0.1, 0.15) is 18.3 Å². The number of urea groups is 1. The van der Waals surface area contributed by atoms with Gasteiger partial charge in [-0.05, 0) is 49.1 Å². The van der Waals surface area contributed by atoms with E-state index in [2.05, 4.69) is 63.6 Å². The van der Waals surface area contributed by atoms with E-state index in [0.717, 1.165) is 50.6 Å². The molecule has 5 atom stereocenters. The van der Waals surface area contributed by atoms with Gasteiger partial charge in [0.05, 0.1) is 59.7 Å². The Kier molecular flexibility index (Phi) is 21.6. The molecule has 5 aromatic rings. The highest BCUT2D eigenvalue weighted by atomic mass is 32.2. The van der Waals surface area contributed by atoms with Crippen LogP contribution in [-0.2, 0) is 45.0 Å². The summed E-state index contributed by atoms with van der Waals surface area (Å²) in [5.41, 5.74) is 8.90. The Labute approximate surface area is 420 Å². The fraction of sp³-hybridized carbons (Fsp3) is 0.490. The van der Waals surface area contributed by atoms with Crippen molar-refractivity contribution in [2.45, 2.75) is 95.2 Å². The van der Waals surface area contributed by atoms with Gasteiger partial charge in [-0.2, -0.15) is 4.98 Å². The van der Waals surface area contributed by atoms with Crippen molar-refractivity contribution in [1.29, 1.82) is 0 Å². The maximum atomic E-state index is 14.3. The van der Waals surface area contributed by atoms with Crippen molar-refractivity contribution in [3.05, 3.63) is 127 Å². The van der Waals surface area contributed by atoms with Gasteiger partial charge in [0.25, 0.3) is 0 Å². The third-order valence-corrected chi connectivity index (χ3v) is 14.8. The number of Topliss-reactive ketones (excluding diaryl/α,β-unsaturated/α-hetero) is 1. The number of anilines is 1. The number of hydrogen-bond acceptors (Lipinski definition) is 16. The highest BCUT2D eigenvalue weighted by Crippen LogP contribution is 2.31. The molecule has 0 spiro atoms. The second-order valence-electron chi connectivity index (χ2n) is 17.5. The molecular formula is C49H64FN9O8S3. The van der Waals surface area contributed by atoms with E-state index in [1.165, 1.54) is 23.1 Å². The predicted octanol–water partition coefficient (Wildman–Crippen LogP) is 6.64. The number of amides is 3. The molecule has 2 saturated heterocycles. The lowest BCUT2D eigenvalue weighted by molar-refractivity contribution is -0.122. The zero-order valence-corrected chi connectivity index (χ0v) is 42.3. The maximum absolute atomic E-state index is 14.3. The molecule has 0 bridgehead atoms. The van der Waals surface area contributed by atoms with Gasteiger partial charge in [0.15, 0.2) is 17.4 Å². The van der Waals surface area contributed by atoms with Gasteiger partial charge in [-0.15, -0.1) is 34.4 Å². The Balaban J connectivity index is 0.000000422. The van der Waals surface area contributed by atoms with E-state index in [4.69, 9.17) is 30.0 Å². The number of carbonyl (C=O) groups is 3. The Bertz CT molecular complexity index is 2430. The van der Waals surface area contributed by atoms with Crippen LogP contribution in [0.3, 0.4) is 0 Å². The number of aliphatic hydroxyl groups excluding tert-OH is 1. The highest BCUT2D eigenvalue weighted by Gasteiger charge is 2.29. The molecule has 5 N–H and O–H groups in total. The third kappa shape index (κ3) is 17.5. The average Bonchev–Trinajstić information content (AvgIpc) is 4.17. The molecule has 3 amide bonds. The Morgan fingerprint density at radius 2 is 1.70 bits per heavy atom. The fourth-order valence-corrected chi connectivity index (χ4v) is 10.2. The van der Waals surface area contributed by atoms with Crippen LogP contribution in [0.2, 0.25) is 0 Å². The summed E-state index contributed by atoms with van der Waals surface area (Å²) in [6.45, 7) is 8.19. The summed E-state index contributed by atoms with van der Waals surface area (Å²) in [6, 6.07) is 19.1. The van der Waals surface area contributed by atoms with Gasteiger partial charge in [-0.25, -0.2) is 23.8 Å². The first-order valence-electron chi connectivity index (χ1n) is 23.4. The highest BCUT2D eigenvalue weighted by molar-refractivity contribution is 8.00. The standard InChI is InChI=1S/C41H54N6O5S2.C8H10FN3O3S/c1-30(2)39-43-35(28-53-39)26-46(3)40(49)45-37(16-17-47-18-20-51-21-19-47)38(48)24-33(22-31-10-6-4-7-11-31)14-15-34(23-32-12-8-5-9-13-32)44-41(50)52-27-36-25-42-29-54-36;9-4-1-12(8(14)11-7(4)10)5-3-16-6(2-13)15-5/h4-13,25,28-30,33-34,37H,14-24,26-27H2,1-3H3,(H,44,50)(H,45,49);1,5-6,13H,2-3H2,(H2,10,11,14)/t33-,34-,37+;5-,6+/m10/s1. The number of nitrogens with two attached hydrogens (primary N) is 1. The number of aromatic nitrogens is 4. The number of alkyl carbamates (subject to hydrolysis) is 1. The molecule has 378 valence electrons. The van der Waals surface area contributed by atoms with Crippen LogP contribution >= 0.6 is 34.4 Å². The van der Waals surface area contributed by atoms with Crippen molar-refractivity contribution >= 4 is 58.2 Å². The van der Waals surface area contributed by atoms with E-state index >= 15 is 0 Å². The normalized spacial score (nSPS) is 17.2. The number of aliphatic hydroxyl groups is 1. The molecule has 17 nitrogen and oxygen atoms in total. The molecule has 0 aliphatic carbocycles. The molecule has 2 aliphatic rings. The summed E-state index contributed by atoms with van der Waals surface area (Å²) in [6.07, 6.45) is 5.05. The summed E-state index contributed by atoms with van der Waals surface area (Å²) >= 11 is 4.39. The van der Waals surface area contributed by atoms with E-state index in [1.807, 2.05) is 41.8 Å². The van der Waals surface area contributed by atoms with Gasteiger partial charge in [0, 0.05) is 62.4 Å². The quantitative estimate of drug-likeness (QED) is 0.0572. The van der Waals surface area contributed by atoms with E-state index in [0.29, 0.717) is 76.5 Å². The molecule has 0 radical (unpaired) electrons. The topological polar surface area (TPSA) is 216 Å². The number of ether oxygens (including phenoxy) is 3. The molecule has 0 unspecified atom stereocenters. The molecular weight excluding hydrogens is 958 g/mol. The van der Waals surface area contributed by atoms with Crippen molar-refractivity contribution in [2.24, 2.45) is 5.92 Å². The lowest BCUT2D eigenvalue weighted by Crippen LogP contribution is -2.49. The molecule has 21 heteroatoms. The van der Waals surface area contributed by atoms with Crippen LogP contribution in [-0.4, -0.2) is 122 Å². The van der Waals surface area contributed by atoms with Crippen LogP contribution in [0.1, 0.15) is 78.4 Å². The summed E-state index contributed by atoms with van der Waals surface area (Å²) in [5.74, 6) is -0.417. The average molecular weight is 1020 g/mol. The Hall–Kier alpha value is -5.29. The number of nitrogens with one attached hydrogen (secondary N) is 2. The molecule has 7 rings (SSSR count). The van der Waals surface area contributed by atoms with Crippen LogP contribution in [0, 0.1) is 11.7 Å². The van der Waals surface area contributed by atoms with Crippen molar-refractivity contribution in [3.8, 4) is 0 Å². The molecule has 2 aliphatic heterocycles. The first-order valence-corrected chi connectivity index (χ1v) is 26.2. The van der Waals surface area contributed by atoms with Crippen molar-refractivity contribution in [2.75, 3.05) is 58.0 Å². The van der Waals surface area contributed by atoms with Crippen LogP contribution in [0.15, 0.2) is 88.7 Å². The first kappa shape index (κ1) is 54.1. The van der Waals surface area contributed by atoms with Crippen LogP contribution < -0.4 is 22.1 Å². The summed E-state index contributed by atoms with van der Waals surface area (Å²) < 4.78 is 30.6. The molecule has 2 aromatic carbocycles. The van der Waals surface area contributed by atoms with Crippen molar-refractivity contribution in [3.63, 3.8) is 0 Å². The minimum atomic E-state index is -0.763. The minimum absolute atomic E-state index is 0.0122.